The number of fused-ring (bicyclic) bond motifs is 1. The molecule has 1 saturated heterocycles. The highest BCUT2D eigenvalue weighted by Crippen LogP contribution is 2.30. The zero-order chi connectivity index (χ0) is 21.3. The van der Waals surface area contributed by atoms with Crippen LogP contribution in [0.3, 0.4) is 0 Å². The van der Waals surface area contributed by atoms with E-state index in [1.165, 1.54) is 6.07 Å². The van der Waals surface area contributed by atoms with Gasteiger partial charge in [0.15, 0.2) is 5.52 Å². The summed E-state index contributed by atoms with van der Waals surface area (Å²) >= 11 is 0. The van der Waals surface area contributed by atoms with E-state index in [4.69, 9.17) is 0 Å². The fourth-order valence-corrected chi connectivity index (χ4v) is 3.55. The number of carbonyl (C=O) groups is 1. The third-order valence-electron chi connectivity index (χ3n) is 5.16. The number of carbonyl (C=O) groups excluding carboxylic acids is 1. The van der Waals surface area contributed by atoms with Gasteiger partial charge in [-0.1, -0.05) is 17.7 Å². The Hall–Kier alpha value is -3.95. The molecule has 4 rings (SSSR count). The van der Waals surface area contributed by atoms with Crippen molar-refractivity contribution in [2.75, 3.05) is 36.4 Å². The molecule has 1 fully saturated rings. The number of rotatable bonds is 3. The molecule has 0 atom stereocenters. The van der Waals surface area contributed by atoms with Gasteiger partial charge in [-0.25, -0.2) is 9.78 Å². The normalized spacial score (nSPS) is 14.0. The lowest BCUT2D eigenvalue weighted by atomic mass is 10.1. The minimum atomic E-state index is -0.550. The standard InChI is InChI=1S/C20H20N6O4/c1-13-2-4-14(5-3-13)23-20(28)25-10-8-24(9-11-25)15-6-7-16(26(29)30)18-17(15)19(27)22-12-21-18/h2-7,12H,8-11H2,1H3,(H,23,28)(H,21,22,27). The van der Waals surface area contributed by atoms with Gasteiger partial charge in [0, 0.05) is 37.9 Å². The highest BCUT2D eigenvalue weighted by molar-refractivity contribution is 5.97. The van der Waals surface area contributed by atoms with Crippen molar-refractivity contribution in [2.24, 2.45) is 0 Å². The van der Waals surface area contributed by atoms with E-state index in [0.717, 1.165) is 17.6 Å². The second-order valence-corrected chi connectivity index (χ2v) is 7.09. The molecule has 1 aromatic heterocycles. The number of aromatic nitrogens is 2. The lowest BCUT2D eigenvalue weighted by Gasteiger charge is -2.36. The number of aryl methyl sites for hydroxylation is 1. The summed E-state index contributed by atoms with van der Waals surface area (Å²) in [6, 6.07) is 10.3. The first-order valence-corrected chi connectivity index (χ1v) is 9.46. The quantitative estimate of drug-likeness (QED) is 0.507. The van der Waals surface area contributed by atoms with Gasteiger partial charge < -0.3 is 20.1 Å². The molecule has 0 spiro atoms. The Morgan fingerprint density at radius 3 is 2.50 bits per heavy atom. The van der Waals surface area contributed by atoms with Crippen LogP contribution in [0.4, 0.5) is 21.9 Å². The van der Waals surface area contributed by atoms with E-state index in [-0.39, 0.29) is 22.6 Å². The molecule has 30 heavy (non-hydrogen) atoms. The van der Waals surface area contributed by atoms with Crippen LogP contribution in [0, 0.1) is 17.0 Å². The van der Waals surface area contributed by atoms with Gasteiger partial charge in [0.2, 0.25) is 0 Å². The summed E-state index contributed by atoms with van der Waals surface area (Å²) < 4.78 is 0. The van der Waals surface area contributed by atoms with Crippen molar-refractivity contribution in [1.82, 2.24) is 14.9 Å². The Morgan fingerprint density at radius 1 is 1.13 bits per heavy atom. The predicted octanol–water partition coefficient (Wildman–Crippen LogP) is 2.49. The summed E-state index contributed by atoms with van der Waals surface area (Å²) in [6.45, 7) is 3.86. The summed E-state index contributed by atoms with van der Waals surface area (Å²) in [5, 5.41) is 14.4. The molecular weight excluding hydrogens is 388 g/mol. The van der Waals surface area contributed by atoms with Gasteiger partial charge in [-0.3, -0.25) is 14.9 Å². The fourth-order valence-electron chi connectivity index (χ4n) is 3.55. The molecule has 2 amide bonds. The number of hydrogen-bond acceptors (Lipinski definition) is 6. The summed E-state index contributed by atoms with van der Waals surface area (Å²) in [5.74, 6) is 0. The third-order valence-corrected chi connectivity index (χ3v) is 5.16. The monoisotopic (exact) mass is 408 g/mol. The van der Waals surface area contributed by atoms with Crippen molar-refractivity contribution in [1.29, 1.82) is 0 Å². The minimum Gasteiger partial charge on any atom is -0.367 e. The van der Waals surface area contributed by atoms with Crippen molar-refractivity contribution in [3.63, 3.8) is 0 Å². The van der Waals surface area contributed by atoms with Crippen LogP contribution in [0.5, 0.6) is 0 Å². The number of nitrogens with zero attached hydrogens (tertiary/aromatic N) is 4. The summed E-state index contributed by atoms with van der Waals surface area (Å²) in [5.41, 5.74) is 1.83. The maximum Gasteiger partial charge on any atom is 0.321 e. The number of nitrogens with one attached hydrogen (secondary N) is 2. The highest BCUT2D eigenvalue weighted by atomic mass is 16.6. The zero-order valence-corrected chi connectivity index (χ0v) is 16.3. The van der Waals surface area contributed by atoms with Crippen LogP contribution in [-0.2, 0) is 0 Å². The maximum absolute atomic E-state index is 12.5. The third kappa shape index (κ3) is 3.66. The van der Waals surface area contributed by atoms with E-state index >= 15 is 0 Å². The summed E-state index contributed by atoms with van der Waals surface area (Å²) in [4.78, 5) is 45.8. The Bertz CT molecular complexity index is 1170. The Balaban J connectivity index is 1.52. The number of nitro groups is 1. The van der Waals surface area contributed by atoms with Crippen molar-refractivity contribution in [3.8, 4) is 0 Å². The molecule has 3 aromatic rings. The van der Waals surface area contributed by atoms with E-state index in [9.17, 15) is 19.7 Å². The van der Waals surface area contributed by atoms with Crippen molar-refractivity contribution < 1.29 is 9.72 Å². The number of hydrogen-bond donors (Lipinski definition) is 2. The van der Waals surface area contributed by atoms with E-state index in [2.05, 4.69) is 15.3 Å². The largest absolute Gasteiger partial charge is 0.367 e. The van der Waals surface area contributed by atoms with Gasteiger partial charge in [-0.15, -0.1) is 0 Å². The first-order valence-electron chi connectivity index (χ1n) is 9.46. The second-order valence-electron chi connectivity index (χ2n) is 7.09. The molecule has 0 aliphatic carbocycles. The second kappa shape index (κ2) is 7.82. The predicted molar refractivity (Wildman–Crippen MR) is 113 cm³/mol. The lowest BCUT2D eigenvalue weighted by molar-refractivity contribution is -0.383. The van der Waals surface area contributed by atoms with Gasteiger partial charge in [0.25, 0.3) is 11.2 Å². The number of anilines is 2. The number of nitro benzene ring substituents is 1. The number of benzene rings is 2. The molecule has 2 aromatic carbocycles. The SMILES string of the molecule is Cc1ccc(NC(=O)N2CCN(c3ccc([N+](=O)[O-])c4nc[nH]c(=O)c34)CC2)cc1. The number of amides is 2. The van der Waals surface area contributed by atoms with Gasteiger partial charge in [0.05, 0.1) is 22.3 Å². The molecule has 1 aliphatic rings. The number of non-ortho nitro benzene ring substituents is 1. The van der Waals surface area contributed by atoms with Crippen LogP contribution in [0.25, 0.3) is 10.9 Å². The molecule has 2 N–H and O–H groups in total. The molecule has 1 aliphatic heterocycles. The number of H-pyrrole nitrogens is 1. The van der Waals surface area contributed by atoms with Crippen LogP contribution >= 0.6 is 0 Å². The Labute approximate surface area is 171 Å². The molecule has 10 nitrogen and oxygen atoms in total. The average molecular weight is 408 g/mol. The molecule has 154 valence electrons. The van der Waals surface area contributed by atoms with E-state index in [1.807, 2.05) is 36.1 Å². The van der Waals surface area contributed by atoms with Crippen molar-refractivity contribution >= 4 is 34.0 Å². The van der Waals surface area contributed by atoms with Gasteiger partial charge in [-0.2, -0.15) is 0 Å². The van der Waals surface area contributed by atoms with E-state index in [1.54, 1.807) is 11.0 Å². The minimum absolute atomic E-state index is 0.0563. The van der Waals surface area contributed by atoms with Gasteiger partial charge >= 0.3 is 6.03 Å². The molecule has 10 heteroatoms. The fraction of sp³-hybridized carbons (Fsp3) is 0.250. The number of aromatic amines is 1. The molecule has 0 saturated carbocycles. The number of piperazine rings is 1. The highest BCUT2D eigenvalue weighted by Gasteiger charge is 2.25. The van der Waals surface area contributed by atoms with E-state index < -0.39 is 10.5 Å². The van der Waals surface area contributed by atoms with Crippen LogP contribution in [0.1, 0.15) is 5.56 Å². The van der Waals surface area contributed by atoms with Gasteiger partial charge in [0.1, 0.15) is 0 Å². The first-order chi connectivity index (χ1) is 14.4. The number of urea groups is 1. The van der Waals surface area contributed by atoms with Crippen molar-refractivity contribution in [3.05, 3.63) is 68.8 Å². The van der Waals surface area contributed by atoms with Gasteiger partial charge in [-0.05, 0) is 25.1 Å². The van der Waals surface area contributed by atoms with Crippen LogP contribution < -0.4 is 15.8 Å². The summed E-state index contributed by atoms with van der Waals surface area (Å²) in [7, 11) is 0. The van der Waals surface area contributed by atoms with Crippen LogP contribution in [0.2, 0.25) is 0 Å². The molecule has 0 bridgehead atoms. The topological polar surface area (TPSA) is 124 Å². The average Bonchev–Trinajstić information content (AvgIpc) is 2.75. The molecule has 2 heterocycles. The van der Waals surface area contributed by atoms with Crippen LogP contribution in [0.15, 0.2) is 47.5 Å². The van der Waals surface area contributed by atoms with Crippen LogP contribution in [-0.4, -0.2) is 52.0 Å². The lowest BCUT2D eigenvalue weighted by Crippen LogP contribution is -2.50. The molecule has 0 radical (unpaired) electrons. The Kier molecular flexibility index (Phi) is 5.05. The zero-order valence-electron chi connectivity index (χ0n) is 16.3. The van der Waals surface area contributed by atoms with E-state index in [0.29, 0.717) is 31.9 Å². The molecular formula is C20H20N6O4. The molecule has 0 unspecified atom stereocenters. The van der Waals surface area contributed by atoms with Crippen molar-refractivity contribution in [2.45, 2.75) is 6.92 Å². The Morgan fingerprint density at radius 2 is 1.83 bits per heavy atom. The maximum atomic E-state index is 12.5. The smallest absolute Gasteiger partial charge is 0.321 e. The first kappa shape index (κ1) is 19.4. The summed E-state index contributed by atoms with van der Waals surface area (Å²) in [6.07, 6.45) is 1.16.